The second-order valence-corrected chi connectivity index (χ2v) is 7.63. The molecular weight excluding hydrogens is 452 g/mol. The molecule has 2 aromatic carbocycles. The molecule has 2 N–H and O–H groups in total. The van der Waals surface area contributed by atoms with Crippen molar-refractivity contribution in [2.45, 2.75) is 46.0 Å². The Bertz CT molecular complexity index is 972. The molecule has 0 aliphatic rings. The van der Waals surface area contributed by atoms with Crippen LogP contribution in [0, 0.1) is 0 Å². The first-order chi connectivity index (χ1) is 16.9. The minimum atomic E-state index is -0.570. The van der Waals surface area contributed by atoms with Crippen LogP contribution >= 0.6 is 0 Å². The van der Waals surface area contributed by atoms with E-state index in [1.165, 1.54) is 0 Å². The van der Waals surface area contributed by atoms with Crippen LogP contribution in [-0.4, -0.2) is 43.6 Å². The molecule has 0 aromatic heterocycles. The number of hydrogen-bond donors (Lipinski definition) is 2. The number of nitrogens with one attached hydrogen (secondary N) is 2. The van der Waals surface area contributed by atoms with Gasteiger partial charge in [0.25, 0.3) is 5.91 Å². The van der Waals surface area contributed by atoms with Crippen molar-refractivity contribution in [3.05, 3.63) is 54.1 Å². The molecule has 0 atom stereocenters. The van der Waals surface area contributed by atoms with Crippen LogP contribution in [0.4, 0.5) is 11.4 Å². The van der Waals surface area contributed by atoms with Crippen molar-refractivity contribution in [1.29, 1.82) is 0 Å². The third-order valence-electron chi connectivity index (χ3n) is 4.73. The van der Waals surface area contributed by atoms with Crippen molar-refractivity contribution in [2.75, 3.05) is 30.5 Å². The van der Waals surface area contributed by atoms with Gasteiger partial charge in [-0.2, -0.15) is 0 Å². The summed E-state index contributed by atoms with van der Waals surface area (Å²) in [6.45, 7) is 4.38. The third-order valence-corrected chi connectivity index (χ3v) is 4.73. The third kappa shape index (κ3) is 10.7. The predicted molar refractivity (Wildman–Crippen MR) is 131 cm³/mol. The van der Waals surface area contributed by atoms with Crippen LogP contribution in [0.3, 0.4) is 0 Å². The second-order valence-electron chi connectivity index (χ2n) is 7.63. The molecule has 0 fully saturated rings. The summed E-state index contributed by atoms with van der Waals surface area (Å²) in [6, 6.07) is 13.2. The fourth-order valence-electron chi connectivity index (χ4n) is 2.92. The molecule has 188 valence electrons. The van der Waals surface area contributed by atoms with Crippen LogP contribution in [-0.2, 0) is 23.9 Å². The molecule has 0 heterocycles. The Morgan fingerprint density at radius 3 is 2.00 bits per heavy atom. The van der Waals surface area contributed by atoms with Crippen molar-refractivity contribution in [3.8, 4) is 5.75 Å². The van der Waals surface area contributed by atoms with Crippen LogP contribution in [0.2, 0.25) is 0 Å². The average Bonchev–Trinajstić information content (AvgIpc) is 2.84. The van der Waals surface area contributed by atoms with Gasteiger partial charge in [0.15, 0.2) is 6.61 Å². The van der Waals surface area contributed by atoms with Gasteiger partial charge in [-0.25, -0.2) is 4.79 Å². The van der Waals surface area contributed by atoms with Gasteiger partial charge in [0.05, 0.1) is 18.8 Å². The van der Waals surface area contributed by atoms with Crippen molar-refractivity contribution in [3.63, 3.8) is 0 Å². The van der Waals surface area contributed by atoms with Gasteiger partial charge in [-0.3, -0.25) is 14.4 Å². The molecule has 0 spiro atoms. The van der Waals surface area contributed by atoms with Crippen molar-refractivity contribution < 1.29 is 33.4 Å². The van der Waals surface area contributed by atoms with E-state index in [2.05, 4.69) is 10.6 Å². The number of unbranched alkanes of at least 4 members (excludes halogenated alkanes) is 1. The molecule has 2 rings (SSSR count). The van der Waals surface area contributed by atoms with Gasteiger partial charge in [-0.05, 0) is 68.3 Å². The van der Waals surface area contributed by atoms with E-state index in [4.69, 9.17) is 14.2 Å². The molecule has 35 heavy (non-hydrogen) atoms. The van der Waals surface area contributed by atoms with E-state index >= 15 is 0 Å². The van der Waals surface area contributed by atoms with Gasteiger partial charge in [0.1, 0.15) is 5.75 Å². The van der Waals surface area contributed by atoms with Crippen molar-refractivity contribution >= 4 is 35.1 Å². The fraction of sp³-hybridized carbons (Fsp3) is 0.385. The van der Waals surface area contributed by atoms with E-state index in [0.717, 1.165) is 18.6 Å². The number of amides is 2. The van der Waals surface area contributed by atoms with Gasteiger partial charge < -0.3 is 24.8 Å². The largest absolute Gasteiger partial charge is 0.494 e. The lowest BCUT2D eigenvalue weighted by Gasteiger charge is -2.08. The van der Waals surface area contributed by atoms with E-state index in [1.54, 1.807) is 48.5 Å². The Morgan fingerprint density at radius 1 is 0.743 bits per heavy atom. The molecule has 0 bridgehead atoms. The highest BCUT2D eigenvalue weighted by molar-refractivity contribution is 5.94. The van der Waals surface area contributed by atoms with Crippen LogP contribution in [0.1, 0.15) is 56.3 Å². The first-order valence-corrected chi connectivity index (χ1v) is 11.7. The maximum absolute atomic E-state index is 12.0. The number of benzene rings is 2. The van der Waals surface area contributed by atoms with Crippen molar-refractivity contribution in [2.24, 2.45) is 0 Å². The topological polar surface area (TPSA) is 120 Å². The molecule has 2 amide bonds. The molecule has 0 saturated heterocycles. The second kappa shape index (κ2) is 15.1. The van der Waals surface area contributed by atoms with Gasteiger partial charge in [-0.1, -0.05) is 13.3 Å². The first kappa shape index (κ1) is 27.4. The zero-order valence-electron chi connectivity index (χ0n) is 20.1. The Morgan fingerprint density at radius 2 is 1.37 bits per heavy atom. The van der Waals surface area contributed by atoms with Crippen LogP contribution in [0.5, 0.6) is 5.75 Å². The van der Waals surface area contributed by atoms with Crippen LogP contribution in [0.15, 0.2) is 48.5 Å². The molecule has 0 aliphatic heterocycles. The average molecular weight is 485 g/mol. The zero-order valence-corrected chi connectivity index (χ0v) is 20.1. The van der Waals surface area contributed by atoms with Gasteiger partial charge in [0.2, 0.25) is 5.91 Å². The molecule has 9 nitrogen and oxygen atoms in total. The summed E-state index contributed by atoms with van der Waals surface area (Å²) < 4.78 is 15.4. The van der Waals surface area contributed by atoms with E-state index in [0.29, 0.717) is 36.6 Å². The molecule has 0 radical (unpaired) electrons. The van der Waals surface area contributed by atoms with E-state index in [9.17, 15) is 19.2 Å². The summed E-state index contributed by atoms with van der Waals surface area (Å²) in [5, 5.41) is 5.33. The normalized spacial score (nSPS) is 10.2. The summed E-state index contributed by atoms with van der Waals surface area (Å²) in [7, 11) is 0. The monoisotopic (exact) mass is 484 g/mol. The minimum Gasteiger partial charge on any atom is -0.494 e. The molecule has 0 saturated carbocycles. The maximum Gasteiger partial charge on any atom is 0.338 e. The Kier molecular flexibility index (Phi) is 11.8. The Balaban J connectivity index is 1.63. The highest BCUT2D eigenvalue weighted by atomic mass is 16.5. The number of carbonyl (C=O) groups is 4. The Hall–Kier alpha value is -3.88. The van der Waals surface area contributed by atoms with Gasteiger partial charge in [-0.15, -0.1) is 0 Å². The lowest BCUT2D eigenvalue weighted by Crippen LogP contribution is -2.21. The molecule has 9 heteroatoms. The van der Waals surface area contributed by atoms with E-state index in [-0.39, 0.29) is 18.7 Å². The SMILES string of the molecule is CCCCOC(=O)c1ccc(NC(=O)COC(=O)CCCC(=O)Nc2ccc(OCC)cc2)cc1. The molecule has 0 aliphatic carbocycles. The Labute approximate surface area is 205 Å². The number of esters is 2. The van der Waals surface area contributed by atoms with E-state index < -0.39 is 24.5 Å². The van der Waals surface area contributed by atoms with E-state index in [1.807, 2.05) is 13.8 Å². The minimum absolute atomic E-state index is 0.0127. The summed E-state index contributed by atoms with van der Waals surface area (Å²) in [4.78, 5) is 47.8. The lowest BCUT2D eigenvalue weighted by atomic mass is 10.2. The maximum atomic E-state index is 12.0. The quantitative estimate of drug-likeness (QED) is 0.302. The van der Waals surface area contributed by atoms with Gasteiger partial charge in [0, 0.05) is 24.2 Å². The fourth-order valence-corrected chi connectivity index (χ4v) is 2.92. The molecule has 0 unspecified atom stereocenters. The highest BCUT2D eigenvalue weighted by Gasteiger charge is 2.11. The highest BCUT2D eigenvalue weighted by Crippen LogP contribution is 2.16. The standard InChI is InChI=1S/C26H32N2O7/c1-3-5-17-34-26(32)19-9-11-20(12-10-19)28-24(30)18-35-25(31)8-6-7-23(29)27-21-13-15-22(16-14-21)33-4-2/h9-16H,3-8,17-18H2,1-2H3,(H,27,29)(H,28,30). The summed E-state index contributed by atoms with van der Waals surface area (Å²) in [5.74, 6) is -1.00. The van der Waals surface area contributed by atoms with Crippen molar-refractivity contribution in [1.82, 2.24) is 0 Å². The zero-order chi connectivity index (χ0) is 25.5. The number of hydrogen-bond acceptors (Lipinski definition) is 7. The number of rotatable bonds is 14. The smallest absolute Gasteiger partial charge is 0.338 e. The predicted octanol–water partition coefficient (Wildman–Crippen LogP) is 4.33. The lowest BCUT2D eigenvalue weighted by molar-refractivity contribution is -0.147. The van der Waals surface area contributed by atoms with Crippen LogP contribution < -0.4 is 15.4 Å². The summed E-state index contributed by atoms with van der Waals surface area (Å²) in [5.41, 5.74) is 1.48. The number of anilines is 2. The first-order valence-electron chi connectivity index (χ1n) is 11.7. The molecule has 2 aromatic rings. The number of carbonyl (C=O) groups excluding carboxylic acids is 4. The summed E-state index contributed by atoms with van der Waals surface area (Å²) in [6.07, 6.45) is 2.18. The summed E-state index contributed by atoms with van der Waals surface area (Å²) >= 11 is 0. The number of ether oxygens (including phenoxy) is 3. The molecular formula is C26H32N2O7. The van der Waals surface area contributed by atoms with Gasteiger partial charge >= 0.3 is 11.9 Å². The van der Waals surface area contributed by atoms with Crippen LogP contribution in [0.25, 0.3) is 0 Å².